The molecule has 0 aliphatic rings. The summed E-state index contributed by atoms with van der Waals surface area (Å²) in [5, 5.41) is 6.96. The summed E-state index contributed by atoms with van der Waals surface area (Å²) >= 11 is 5.38. The first-order chi connectivity index (χ1) is 11.7. The second-order valence-electron chi connectivity index (χ2n) is 5.42. The Labute approximate surface area is 146 Å². The molecule has 0 amide bonds. The molecule has 0 aliphatic carbocycles. The van der Waals surface area contributed by atoms with Gasteiger partial charge < -0.3 is 20.4 Å². The van der Waals surface area contributed by atoms with Crippen LogP contribution in [0.3, 0.4) is 0 Å². The average Bonchev–Trinajstić information content (AvgIpc) is 3.01. The van der Waals surface area contributed by atoms with Gasteiger partial charge in [-0.15, -0.1) is 0 Å². The minimum absolute atomic E-state index is 0.0277. The number of ether oxygens (including phenoxy) is 1. The third-order valence-electron chi connectivity index (χ3n) is 3.59. The molecule has 0 saturated heterocycles. The Balaban J connectivity index is 1.61. The van der Waals surface area contributed by atoms with Gasteiger partial charge in [-0.2, -0.15) is 0 Å². The van der Waals surface area contributed by atoms with Crippen molar-refractivity contribution in [2.24, 2.45) is 0 Å². The molecule has 1 heterocycles. The van der Waals surface area contributed by atoms with Crippen LogP contribution < -0.4 is 15.4 Å². The van der Waals surface area contributed by atoms with Crippen LogP contribution >= 0.6 is 12.2 Å². The molecular formula is C18H20N4OS. The molecule has 1 unspecified atom stereocenters. The molecule has 0 bridgehead atoms. The van der Waals surface area contributed by atoms with Crippen molar-refractivity contribution in [3.8, 4) is 5.75 Å². The number of para-hydroxylation sites is 2. The summed E-state index contributed by atoms with van der Waals surface area (Å²) in [5.74, 6) is 1.70. The molecule has 0 radical (unpaired) electrons. The van der Waals surface area contributed by atoms with Crippen molar-refractivity contribution in [3.05, 3.63) is 54.4 Å². The van der Waals surface area contributed by atoms with Crippen LogP contribution in [0.4, 0.5) is 5.69 Å². The van der Waals surface area contributed by atoms with E-state index in [1.165, 1.54) is 0 Å². The highest BCUT2D eigenvalue weighted by molar-refractivity contribution is 7.80. The molecule has 124 valence electrons. The molecule has 2 aromatic carbocycles. The van der Waals surface area contributed by atoms with Crippen LogP contribution in [0, 0.1) is 0 Å². The van der Waals surface area contributed by atoms with Crippen LogP contribution in [-0.2, 0) is 0 Å². The van der Waals surface area contributed by atoms with Crippen LogP contribution in [0.5, 0.6) is 5.75 Å². The fraction of sp³-hybridized carbons (Fsp3) is 0.222. The molecule has 5 nitrogen and oxygen atoms in total. The van der Waals surface area contributed by atoms with Gasteiger partial charge in [0, 0.05) is 5.69 Å². The molecule has 3 rings (SSSR count). The first-order valence-electron chi connectivity index (χ1n) is 7.90. The quantitative estimate of drug-likeness (QED) is 0.613. The minimum Gasteiger partial charge on any atom is -0.494 e. The standard InChI is InChI=1S/C18H20N4OS/c1-3-23-14-10-8-13(9-11-14)20-18(24)19-12(2)17-21-15-6-4-5-7-16(15)22-17/h4-12H,3H2,1-2H3,(H,21,22)(H2,19,20,24). The van der Waals surface area contributed by atoms with Gasteiger partial charge in [0.15, 0.2) is 5.11 Å². The average molecular weight is 340 g/mol. The van der Waals surface area contributed by atoms with E-state index < -0.39 is 0 Å². The maximum atomic E-state index is 5.43. The summed E-state index contributed by atoms with van der Waals surface area (Å²) in [6.07, 6.45) is 0. The number of benzene rings is 2. The molecule has 3 N–H and O–H groups in total. The van der Waals surface area contributed by atoms with Crippen molar-refractivity contribution >= 4 is 34.1 Å². The lowest BCUT2D eigenvalue weighted by Crippen LogP contribution is -2.31. The van der Waals surface area contributed by atoms with Gasteiger partial charge in [0.05, 0.1) is 23.7 Å². The summed E-state index contributed by atoms with van der Waals surface area (Å²) < 4.78 is 5.43. The summed E-state index contributed by atoms with van der Waals surface area (Å²) in [7, 11) is 0. The Hall–Kier alpha value is -2.60. The number of imidazole rings is 1. The first-order valence-corrected chi connectivity index (χ1v) is 8.31. The van der Waals surface area contributed by atoms with Crippen LogP contribution in [0.15, 0.2) is 48.5 Å². The van der Waals surface area contributed by atoms with Crippen LogP contribution in [0.25, 0.3) is 11.0 Å². The van der Waals surface area contributed by atoms with Crippen molar-refractivity contribution in [1.29, 1.82) is 0 Å². The van der Waals surface area contributed by atoms with E-state index in [-0.39, 0.29) is 6.04 Å². The molecule has 1 atom stereocenters. The molecular weight excluding hydrogens is 320 g/mol. The van der Waals surface area contributed by atoms with Crippen molar-refractivity contribution in [2.45, 2.75) is 19.9 Å². The van der Waals surface area contributed by atoms with Gasteiger partial charge >= 0.3 is 0 Å². The van der Waals surface area contributed by atoms with Gasteiger partial charge in [-0.3, -0.25) is 0 Å². The zero-order chi connectivity index (χ0) is 16.9. The number of anilines is 1. The zero-order valence-corrected chi connectivity index (χ0v) is 14.5. The normalized spacial score (nSPS) is 11.9. The molecule has 1 aromatic heterocycles. The number of aromatic amines is 1. The monoisotopic (exact) mass is 340 g/mol. The third kappa shape index (κ3) is 3.83. The topological polar surface area (TPSA) is 62.0 Å². The summed E-state index contributed by atoms with van der Waals surface area (Å²) in [6, 6.07) is 15.6. The molecule has 24 heavy (non-hydrogen) atoms. The smallest absolute Gasteiger partial charge is 0.171 e. The van der Waals surface area contributed by atoms with E-state index in [4.69, 9.17) is 17.0 Å². The van der Waals surface area contributed by atoms with Gasteiger partial charge in [0.1, 0.15) is 11.6 Å². The Bertz CT molecular complexity index is 795. The van der Waals surface area contributed by atoms with Crippen molar-refractivity contribution in [3.63, 3.8) is 0 Å². The largest absolute Gasteiger partial charge is 0.494 e. The van der Waals surface area contributed by atoms with E-state index in [9.17, 15) is 0 Å². The molecule has 0 saturated carbocycles. The molecule has 0 spiro atoms. The second-order valence-corrected chi connectivity index (χ2v) is 5.82. The first kappa shape index (κ1) is 16.3. The fourth-order valence-electron chi connectivity index (χ4n) is 2.41. The molecule has 0 fully saturated rings. The predicted molar refractivity (Wildman–Crippen MR) is 101 cm³/mol. The zero-order valence-electron chi connectivity index (χ0n) is 13.7. The lowest BCUT2D eigenvalue weighted by molar-refractivity contribution is 0.340. The third-order valence-corrected chi connectivity index (χ3v) is 3.81. The highest BCUT2D eigenvalue weighted by atomic mass is 32.1. The number of fused-ring (bicyclic) bond motifs is 1. The van der Waals surface area contributed by atoms with E-state index in [1.54, 1.807) is 0 Å². The number of nitrogens with one attached hydrogen (secondary N) is 3. The second kappa shape index (κ2) is 7.31. The Morgan fingerprint density at radius 3 is 2.67 bits per heavy atom. The Morgan fingerprint density at radius 1 is 1.21 bits per heavy atom. The Kier molecular flexibility index (Phi) is 4.96. The van der Waals surface area contributed by atoms with Crippen molar-refractivity contribution in [1.82, 2.24) is 15.3 Å². The van der Waals surface area contributed by atoms with Crippen molar-refractivity contribution in [2.75, 3.05) is 11.9 Å². The van der Waals surface area contributed by atoms with Crippen LogP contribution in [0.1, 0.15) is 25.7 Å². The minimum atomic E-state index is -0.0277. The fourth-order valence-corrected chi connectivity index (χ4v) is 2.71. The van der Waals surface area contributed by atoms with E-state index >= 15 is 0 Å². The van der Waals surface area contributed by atoms with Crippen LogP contribution in [0.2, 0.25) is 0 Å². The number of hydrogen-bond acceptors (Lipinski definition) is 3. The highest BCUT2D eigenvalue weighted by Crippen LogP contribution is 2.17. The molecule has 0 aliphatic heterocycles. The number of nitrogens with zero attached hydrogens (tertiary/aromatic N) is 1. The van der Waals surface area contributed by atoms with Gasteiger partial charge in [0.25, 0.3) is 0 Å². The Morgan fingerprint density at radius 2 is 1.96 bits per heavy atom. The number of H-pyrrole nitrogens is 1. The van der Waals surface area contributed by atoms with E-state index in [2.05, 4.69) is 20.6 Å². The number of aromatic nitrogens is 2. The number of thiocarbonyl (C=S) groups is 1. The van der Waals surface area contributed by atoms with E-state index in [1.807, 2.05) is 62.4 Å². The van der Waals surface area contributed by atoms with E-state index in [0.29, 0.717) is 11.7 Å². The SMILES string of the molecule is CCOc1ccc(NC(=S)NC(C)c2nc3ccccc3[nH]2)cc1. The number of hydrogen-bond donors (Lipinski definition) is 3. The lowest BCUT2D eigenvalue weighted by Gasteiger charge is -2.15. The van der Waals surface area contributed by atoms with Gasteiger partial charge in [-0.25, -0.2) is 4.98 Å². The summed E-state index contributed by atoms with van der Waals surface area (Å²) in [6.45, 7) is 4.64. The van der Waals surface area contributed by atoms with Gasteiger partial charge in [0.2, 0.25) is 0 Å². The predicted octanol–water partition coefficient (Wildman–Crippen LogP) is 4.01. The highest BCUT2D eigenvalue weighted by Gasteiger charge is 2.11. The van der Waals surface area contributed by atoms with Crippen molar-refractivity contribution < 1.29 is 4.74 Å². The van der Waals surface area contributed by atoms with E-state index in [0.717, 1.165) is 28.3 Å². The van der Waals surface area contributed by atoms with Gasteiger partial charge in [-0.1, -0.05) is 12.1 Å². The molecule has 6 heteroatoms. The van der Waals surface area contributed by atoms with Gasteiger partial charge in [-0.05, 0) is 62.5 Å². The summed E-state index contributed by atoms with van der Waals surface area (Å²) in [4.78, 5) is 7.89. The maximum absolute atomic E-state index is 5.43. The number of rotatable bonds is 5. The lowest BCUT2D eigenvalue weighted by atomic mass is 10.3. The molecule has 3 aromatic rings. The maximum Gasteiger partial charge on any atom is 0.171 e. The van der Waals surface area contributed by atoms with Crippen LogP contribution in [-0.4, -0.2) is 21.7 Å². The summed E-state index contributed by atoms with van der Waals surface area (Å²) in [5.41, 5.74) is 2.88.